The Morgan fingerprint density at radius 3 is 2.54 bits per heavy atom. The predicted octanol–water partition coefficient (Wildman–Crippen LogP) is 2.86. The number of carbonyl (C=O) groups excluding carboxylic acids is 2. The lowest BCUT2D eigenvalue weighted by Crippen LogP contribution is -2.33. The van der Waals surface area contributed by atoms with Gasteiger partial charge in [0.25, 0.3) is 11.8 Å². The fraction of sp³-hybridized carbons (Fsp3) is 0.250. The van der Waals surface area contributed by atoms with E-state index in [1.807, 2.05) is 51.1 Å². The van der Waals surface area contributed by atoms with Crippen molar-refractivity contribution in [3.8, 4) is 5.75 Å². The number of hydrazone groups is 1. The zero-order chi connectivity index (χ0) is 18.7. The van der Waals surface area contributed by atoms with Crippen molar-refractivity contribution in [2.75, 3.05) is 11.6 Å². The number of amidine groups is 1. The van der Waals surface area contributed by atoms with E-state index >= 15 is 0 Å². The van der Waals surface area contributed by atoms with Crippen molar-refractivity contribution >= 4 is 23.3 Å². The SMILES string of the molecule is Cc1cc(C)c(OCC(=O)NC2=NN(c3ccccc3)C(=O)C2)cc1C. The smallest absolute Gasteiger partial charge is 0.263 e. The minimum Gasteiger partial charge on any atom is -0.483 e. The van der Waals surface area contributed by atoms with Gasteiger partial charge < -0.3 is 10.1 Å². The molecule has 1 aliphatic rings. The number of amides is 2. The highest BCUT2D eigenvalue weighted by Crippen LogP contribution is 2.22. The standard InChI is InChI=1S/C20H21N3O3/c1-13-9-15(3)17(10-14(13)2)26-12-19(24)21-18-11-20(25)23(22-18)16-7-5-4-6-8-16/h4-10H,11-12H2,1-3H3,(H,21,22,24). The zero-order valence-corrected chi connectivity index (χ0v) is 15.1. The van der Waals surface area contributed by atoms with Gasteiger partial charge in [0.05, 0.1) is 12.1 Å². The van der Waals surface area contributed by atoms with Crippen molar-refractivity contribution in [3.63, 3.8) is 0 Å². The highest BCUT2D eigenvalue weighted by atomic mass is 16.5. The number of rotatable bonds is 4. The molecule has 1 N–H and O–H groups in total. The van der Waals surface area contributed by atoms with Crippen LogP contribution in [0.3, 0.4) is 0 Å². The quantitative estimate of drug-likeness (QED) is 0.921. The average molecular weight is 351 g/mol. The summed E-state index contributed by atoms with van der Waals surface area (Å²) >= 11 is 0. The highest BCUT2D eigenvalue weighted by Gasteiger charge is 2.26. The Hall–Kier alpha value is -3.15. The Morgan fingerprint density at radius 2 is 1.81 bits per heavy atom. The van der Waals surface area contributed by atoms with E-state index < -0.39 is 0 Å². The van der Waals surface area contributed by atoms with Crippen LogP contribution in [0.15, 0.2) is 47.6 Å². The van der Waals surface area contributed by atoms with Crippen LogP contribution in [0.2, 0.25) is 0 Å². The molecule has 0 saturated carbocycles. The molecule has 6 heteroatoms. The van der Waals surface area contributed by atoms with Gasteiger partial charge in [-0.1, -0.05) is 24.3 Å². The van der Waals surface area contributed by atoms with Gasteiger partial charge in [0, 0.05) is 0 Å². The van der Waals surface area contributed by atoms with Crippen molar-refractivity contribution in [1.29, 1.82) is 0 Å². The molecule has 1 heterocycles. The van der Waals surface area contributed by atoms with Gasteiger partial charge in [-0.3, -0.25) is 9.59 Å². The number of para-hydroxylation sites is 1. The summed E-state index contributed by atoms with van der Waals surface area (Å²) in [6.45, 7) is 5.84. The number of hydrogen-bond acceptors (Lipinski definition) is 4. The molecular formula is C20H21N3O3. The molecule has 2 amide bonds. The molecule has 0 unspecified atom stereocenters. The van der Waals surface area contributed by atoms with Crippen molar-refractivity contribution in [2.45, 2.75) is 27.2 Å². The van der Waals surface area contributed by atoms with E-state index in [1.165, 1.54) is 10.6 Å². The third kappa shape index (κ3) is 3.91. The lowest BCUT2D eigenvalue weighted by Gasteiger charge is -2.11. The van der Waals surface area contributed by atoms with Gasteiger partial charge in [-0.15, -0.1) is 0 Å². The van der Waals surface area contributed by atoms with E-state index in [-0.39, 0.29) is 24.8 Å². The molecule has 2 aromatic carbocycles. The lowest BCUT2D eigenvalue weighted by atomic mass is 10.1. The lowest BCUT2D eigenvalue weighted by molar-refractivity contribution is -0.121. The molecule has 26 heavy (non-hydrogen) atoms. The number of benzene rings is 2. The van der Waals surface area contributed by atoms with Crippen LogP contribution in [-0.4, -0.2) is 24.3 Å². The highest BCUT2D eigenvalue weighted by molar-refractivity contribution is 6.15. The van der Waals surface area contributed by atoms with Crippen LogP contribution >= 0.6 is 0 Å². The van der Waals surface area contributed by atoms with Gasteiger partial charge >= 0.3 is 0 Å². The van der Waals surface area contributed by atoms with E-state index in [4.69, 9.17) is 4.74 Å². The molecule has 2 aromatic rings. The first-order valence-corrected chi connectivity index (χ1v) is 8.40. The third-order valence-electron chi connectivity index (χ3n) is 4.21. The largest absolute Gasteiger partial charge is 0.483 e. The maximum Gasteiger partial charge on any atom is 0.263 e. The Bertz CT molecular complexity index is 875. The van der Waals surface area contributed by atoms with E-state index in [0.29, 0.717) is 17.3 Å². The summed E-state index contributed by atoms with van der Waals surface area (Å²) in [5, 5.41) is 8.13. The topological polar surface area (TPSA) is 71.0 Å². The fourth-order valence-electron chi connectivity index (χ4n) is 2.70. The number of nitrogens with one attached hydrogen (secondary N) is 1. The second-order valence-corrected chi connectivity index (χ2v) is 6.30. The molecule has 0 fully saturated rings. The number of aryl methyl sites for hydroxylation is 3. The molecule has 0 bridgehead atoms. The number of hydrogen-bond donors (Lipinski definition) is 1. The van der Waals surface area contributed by atoms with Crippen LogP contribution in [0.5, 0.6) is 5.75 Å². The van der Waals surface area contributed by atoms with E-state index in [9.17, 15) is 9.59 Å². The molecule has 3 rings (SSSR count). The van der Waals surface area contributed by atoms with Crippen molar-refractivity contribution < 1.29 is 14.3 Å². The first-order valence-electron chi connectivity index (χ1n) is 8.40. The zero-order valence-electron chi connectivity index (χ0n) is 15.1. The summed E-state index contributed by atoms with van der Waals surface area (Å²) in [7, 11) is 0. The van der Waals surface area contributed by atoms with Gasteiger partial charge in [-0.25, -0.2) is 0 Å². The normalized spacial score (nSPS) is 13.6. The molecule has 0 radical (unpaired) electrons. The first kappa shape index (κ1) is 17.7. The minimum atomic E-state index is -0.343. The molecule has 6 nitrogen and oxygen atoms in total. The Morgan fingerprint density at radius 1 is 1.12 bits per heavy atom. The van der Waals surface area contributed by atoms with Crippen LogP contribution in [0.4, 0.5) is 5.69 Å². The van der Waals surface area contributed by atoms with Gasteiger partial charge in [-0.2, -0.15) is 10.1 Å². The fourth-order valence-corrected chi connectivity index (χ4v) is 2.70. The Balaban J connectivity index is 1.60. The van der Waals surface area contributed by atoms with E-state index in [1.54, 1.807) is 12.1 Å². The van der Waals surface area contributed by atoms with Crippen molar-refractivity contribution in [1.82, 2.24) is 5.32 Å². The summed E-state index contributed by atoms with van der Waals surface area (Å²) in [6, 6.07) is 13.0. The minimum absolute atomic E-state index is 0.0588. The van der Waals surface area contributed by atoms with Crippen molar-refractivity contribution in [2.24, 2.45) is 5.10 Å². The van der Waals surface area contributed by atoms with Crippen LogP contribution in [0.25, 0.3) is 0 Å². The van der Waals surface area contributed by atoms with Gasteiger partial charge in [-0.05, 0) is 55.7 Å². The number of nitrogens with zero attached hydrogens (tertiary/aromatic N) is 2. The molecule has 0 aliphatic carbocycles. The third-order valence-corrected chi connectivity index (χ3v) is 4.21. The monoisotopic (exact) mass is 351 g/mol. The number of ether oxygens (including phenoxy) is 1. The number of anilines is 1. The Kier molecular flexibility index (Phi) is 5.02. The summed E-state index contributed by atoms with van der Waals surface area (Å²) in [5.74, 6) is 0.476. The molecule has 0 saturated heterocycles. The van der Waals surface area contributed by atoms with E-state index in [0.717, 1.165) is 11.1 Å². The molecular weight excluding hydrogens is 330 g/mol. The molecule has 0 aromatic heterocycles. The average Bonchev–Trinajstić information content (AvgIpc) is 2.98. The summed E-state index contributed by atoms with van der Waals surface area (Å²) < 4.78 is 5.62. The molecule has 1 aliphatic heterocycles. The maximum atomic E-state index is 12.1. The predicted molar refractivity (Wildman–Crippen MR) is 100 cm³/mol. The van der Waals surface area contributed by atoms with Gasteiger partial charge in [0.2, 0.25) is 0 Å². The molecule has 134 valence electrons. The second-order valence-electron chi connectivity index (χ2n) is 6.30. The maximum absolute atomic E-state index is 12.1. The van der Waals surface area contributed by atoms with Crippen LogP contribution in [-0.2, 0) is 9.59 Å². The van der Waals surface area contributed by atoms with Gasteiger partial charge in [0.15, 0.2) is 6.61 Å². The Labute approximate surface area is 152 Å². The molecule has 0 atom stereocenters. The van der Waals surface area contributed by atoms with Crippen LogP contribution < -0.4 is 15.1 Å². The van der Waals surface area contributed by atoms with Crippen LogP contribution in [0.1, 0.15) is 23.1 Å². The first-order chi connectivity index (χ1) is 12.4. The summed E-state index contributed by atoms with van der Waals surface area (Å²) in [4.78, 5) is 24.2. The molecule has 0 spiro atoms. The second kappa shape index (κ2) is 7.39. The van der Waals surface area contributed by atoms with Gasteiger partial charge in [0.1, 0.15) is 11.6 Å². The van der Waals surface area contributed by atoms with Crippen LogP contribution in [0, 0.1) is 20.8 Å². The number of carbonyl (C=O) groups is 2. The summed E-state index contributed by atoms with van der Waals surface area (Å²) in [6.07, 6.45) is 0.0588. The van der Waals surface area contributed by atoms with Crippen molar-refractivity contribution in [3.05, 3.63) is 59.2 Å². The van der Waals surface area contributed by atoms with E-state index in [2.05, 4.69) is 10.4 Å². The summed E-state index contributed by atoms with van der Waals surface area (Å²) in [5.41, 5.74) is 3.93.